The molecule has 2 aliphatic rings. The molecule has 1 atom stereocenters. The number of aromatic nitrogens is 4. The lowest BCUT2D eigenvalue weighted by molar-refractivity contribution is 0.523. The van der Waals surface area contributed by atoms with E-state index in [0.717, 1.165) is 36.0 Å². The zero-order valence-corrected chi connectivity index (χ0v) is 12.4. The number of nitrogens with one attached hydrogen (secondary N) is 2. The Morgan fingerprint density at radius 2 is 2.24 bits per heavy atom. The van der Waals surface area contributed by atoms with Crippen LogP contribution in [0.2, 0.25) is 0 Å². The molecule has 0 aromatic carbocycles. The van der Waals surface area contributed by atoms with E-state index in [-0.39, 0.29) is 0 Å². The fraction of sp³-hybridized carbons (Fsp3) is 0.533. The summed E-state index contributed by atoms with van der Waals surface area (Å²) in [6, 6.07) is 4.60. The molecule has 6 heteroatoms. The van der Waals surface area contributed by atoms with Gasteiger partial charge >= 0.3 is 0 Å². The van der Waals surface area contributed by atoms with Crippen molar-refractivity contribution < 1.29 is 0 Å². The SMILES string of the molecule is Cc1nc(N[C@@H]2CNCC23CC3)ccc1-c1ncn(C)n1. The molecule has 1 aliphatic carbocycles. The van der Waals surface area contributed by atoms with E-state index >= 15 is 0 Å². The van der Waals surface area contributed by atoms with E-state index < -0.39 is 0 Å². The van der Waals surface area contributed by atoms with Gasteiger partial charge in [-0.1, -0.05) is 0 Å². The van der Waals surface area contributed by atoms with Crippen molar-refractivity contribution in [1.29, 1.82) is 0 Å². The van der Waals surface area contributed by atoms with Gasteiger partial charge < -0.3 is 10.6 Å². The highest BCUT2D eigenvalue weighted by molar-refractivity contribution is 5.60. The van der Waals surface area contributed by atoms with Crippen molar-refractivity contribution in [2.45, 2.75) is 25.8 Å². The van der Waals surface area contributed by atoms with E-state index in [0.29, 0.717) is 11.5 Å². The normalized spacial score (nSPS) is 22.7. The smallest absolute Gasteiger partial charge is 0.182 e. The van der Waals surface area contributed by atoms with Crippen LogP contribution in [0.3, 0.4) is 0 Å². The van der Waals surface area contributed by atoms with Gasteiger partial charge in [-0.3, -0.25) is 4.68 Å². The zero-order valence-electron chi connectivity index (χ0n) is 12.4. The lowest BCUT2D eigenvalue weighted by Crippen LogP contribution is -2.29. The van der Waals surface area contributed by atoms with Crippen molar-refractivity contribution in [2.24, 2.45) is 12.5 Å². The van der Waals surface area contributed by atoms with Crippen LogP contribution in [0, 0.1) is 12.3 Å². The minimum atomic E-state index is 0.483. The highest BCUT2D eigenvalue weighted by Crippen LogP contribution is 2.51. The van der Waals surface area contributed by atoms with Gasteiger partial charge in [-0.2, -0.15) is 5.10 Å². The van der Waals surface area contributed by atoms with Gasteiger partial charge in [-0.25, -0.2) is 9.97 Å². The summed E-state index contributed by atoms with van der Waals surface area (Å²) >= 11 is 0. The number of rotatable bonds is 3. The van der Waals surface area contributed by atoms with Crippen LogP contribution in [-0.2, 0) is 7.05 Å². The number of aryl methyl sites for hydroxylation is 2. The van der Waals surface area contributed by atoms with Crippen molar-refractivity contribution in [3.63, 3.8) is 0 Å². The third-order valence-corrected chi connectivity index (χ3v) is 4.71. The van der Waals surface area contributed by atoms with Crippen molar-refractivity contribution >= 4 is 5.82 Å². The standard InChI is InChI=1S/C15H20N6/c1-10-11(14-17-9-21(2)20-14)3-4-13(18-10)19-12-7-16-8-15(12)5-6-15/h3-4,9,12,16H,5-8H2,1-2H3,(H,18,19)/t12-/m1/s1. The molecule has 1 spiro atoms. The lowest BCUT2D eigenvalue weighted by Gasteiger charge is -2.20. The summed E-state index contributed by atoms with van der Waals surface area (Å²) < 4.78 is 1.71. The molecule has 110 valence electrons. The Balaban J connectivity index is 1.56. The number of hydrogen-bond donors (Lipinski definition) is 2. The van der Waals surface area contributed by atoms with Crippen LogP contribution < -0.4 is 10.6 Å². The molecular weight excluding hydrogens is 264 g/mol. The topological polar surface area (TPSA) is 67.7 Å². The van der Waals surface area contributed by atoms with Crippen molar-refractivity contribution in [2.75, 3.05) is 18.4 Å². The highest BCUT2D eigenvalue weighted by atomic mass is 15.3. The van der Waals surface area contributed by atoms with Crippen LogP contribution >= 0.6 is 0 Å². The molecular formula is C15H20N6. The predicted molar refractivity (Wildman–Crippen MR) is 80.9 cm³/mol. The second-order valence-electron chi connectivity index (χ2n) is 6.26. The van der Waals surface area contributed by atoms with Crippen LogP contribution in [-0.4, -0.2) is 38.9 Å². The van der Waals surface area contributed by atoms with E-state index in [4.69, 9.17) is 0 Å². The number of pyridine rings is 1. The Labute approximate surface area is 124 Å². The lowest BCUT2D eigenvalue weighted by atomic mass is 10.0. The monoisotopic (exact) mass is 284 g/mol. The van der Waals surface area contributed by atoms with Crippen LogP contribution in [0.15, 0.2) is 18.5 Å². The molecule has 1 saturated heterocycles. The van der Waals surface area contributed by atoms with E-state index in [1.807, 2.05) is 20.0 Å². The summed E-state index contributed by atoms with van der Waals surface area (Å²) in [5, 5.41) is 11.4. The molecule has 0 radical (unpaired) electrons. The molecule has 1 saturated carbocycles. The molecule has 4 rings (SSSR count). The molecule has 2 N–H and O–H groups in total. The van der Waals surface area contributed by atoms with E-state index in [1.54, 1.807) is 11.0 Å². The maximum atomic E-state index is 4.69. The Hall–Kier alpha value is -1.95. The molecule has 21 heavy (non-hydrogen) atoms. The van der Waals surface area contributed by atoms with E-state index in [1.165, 1.54) is 12.8 Å². The molecule has 0 amide bonds. The zero-order chi connectivity index (χ0) is 14.4. The predicted octanol–water partition coefficient (Wildman–Crippen LogP) is 1.35. The second kappa shape index (κ2) is 4.53. The summed E-state index contributed by atoms with van der Waals surface area (Å²) in [6.07, 6.45) is 4.36. The minimum absolute atomic E-state index is 0.483. The fourth-order valence-corrected chi connectivity index (χ4v) is 3.21. The van der Waals surface area contributed by atoms with E-state index in [2.05, 4.69) is 31.8 Å². The van der Waals surface area contributed by atoms with Gasteiger partial charge in [-0.05, 0) is 31.9 Å². The molecule has 0 bridgehead atoms. The van der Waals surface area contributed by atoms with Crippen molar-refractivity contribution in [1.82, 2.24) is 25.1 Å². The molecule has 0 unspecified atom stereocenters. The van der Waals surface area contributed by atoms with Gasteiger partial charge in [0.15, 0.2) is 5.82 Å². The number of hydrogen-bond acceptors (Lipinski definition) is 5. The Morgan fingerprint density at radius 1 is 1.38 bits per heavy atom. The molecule has 2 aromatic rings. The first-order chi connectivity index (χ1) is 10.2. The average molecular weight is 284 g/mol. The van der Waals surface area contributed by atoms with Gasteiger partial charge in [0.05, 0.1) is 5.69 Å². The first-order valence-electron chi connectivity index (χ1n) is 7.47. The maximum absolute atomic E-state index is 4.69. The maximum Gasteiger partial charge on any atom is 0.182 e. The first-order valence-corrected chi connectivity index (χ1v) is 7.47. The highest BCUT2D eigenvalue weighted by Gasteiger charge is 2.52. The molecule has 2 fully saturated rings. The van der Waals surface area contributed by atoms with Gasteiger partial charge in [0.2, 0.25) is 0 Å². The molecule has 2 aromatic heterocycles. The molecule has 6 nitrogen and oxygen atoms in total. The summed E-state index contributed by atoms with van der Waals surface area (Å²) in [5.74, 6) is 1.68. The molecule has 3 heterocycles. The van der Waals surface area contributed by atoms with Crippen molar-refractivity contribution in [3.05, 3.63) is 24.2 Å². The van der Waals surface area contributed by atoms with Gasteiger partial charge in [0, 0.05) is 37.2 Å². The van der Waals surface area contributed by atoms with Crippen LogP contribution in [0.5, 0.6) is 0 Å². The molecule has 1 aliphatic heterocycles. The summed E-state index contributed by atoms with van der Waals surface area (Å²) in [7, 11) is 1.87. The number of anilines is 1. The number of nitrogens with zero attached hydrogens (tertiary/aromatic N) is 4. The second-order valence-corrected chi connectivity index (χ2v) is 6.26. The van der Waals surface area contributed by atoms with Gasteiger partial charge in [0.1, 0.15) is 12.1 Å². The third-order valence-electron chi connectivity index (χ3n) is 4.71. The van der Waals surface area contributed by atoms with E-state index in [9.17, 15) is 0 Å². The largest absolute Gasteiger partial charge is 0.365 e. The van der Waals surface area contributed by atoms with Crippen molar-refractivity contribution in [3.8, 4) is 11.4 Å². The average Bonchev–Trinajstić information content (AvgIpc) is 2.95. The van der Waals surface area contributed by atoms with Gasteiger partial charge in [-0.15, -0.1) is 0 Å². The summed E-state index contributed by atoms with van der Waals surface area (Å²) in [4.78, 5) is 8.98. The third kappa shape index (κ3) is 2.19. The van der Waals surface area contributed by atoms with Gasteiger partial charge in [0.25, 0.3) is 0 Å². The summed E-state index contributed by atoms with van der Waals surface area (Å²) in [5.41, 5.74) is 2.44. The minimum Gasteiger partial charge on any atom is -0.365 e. The van der Waals surface area contributed by atoms with Crippen LogP contribution in [0.25, 0.3) is 11.4 Å². The quantitative estimate of drug-likeness (QED) is 0.890. The fourth-order valence-electron chi connectivity index (χ4n) is 3.21. The van der Waals surface area contributed by atoms with Crippen LogP contribution in [0.4, 0.5) is 5.82 Å². The van der Waals surface area contributed by atoms with Crippen LogP contribution in [0.1, 0.15) is 18.5 Å². The Morgan fingerprint density at radius 3 is 2.90 bits per heavy atom. The summed E-state index contributed by atoms with van der Waals surface area (Å²) in [6.45, 7) is 4.18. The Kier molecular flexibility index (Phi) is 2.75. The Bertz CT molecular complexity index is 673. The first kappa shape index (κ1) is 12.8.